The van der Waals surface area contributed by atoms with Crippen molar-refractivity contribution in [2.24, 2.45) is 0 Å². The predicted octanol–water partition coefficient (Wildman–Crippen LogP) is 3.07. The summed E-state index contributed by atoms with van der Waals surface area (Å²) < 4.78 is 5.47. The lowest BCUT2D eigenvalue weighted by Gasteiger charge is -2.15. The minimum atomic E-state index is -1.19. The molecule has 0 aliphatic rings. The summed E-state index contributed by atoms with van der Waals surface area (Å²) in [5, 5.41) is 26.8. The van der Waals surface area contributed by atoms with Crippen LogP contribution in [0.2, 0.25) is 0 Å². The van der Waals surface area contributed by atoms with E-state index in [4.69, 9.17) is 24.5 Å². The first-order valence-electron chi connectivity index (χ1n) is 11.1. The first kappa shape index (κ1) is 29.0. The number of benzene rings is 2. The van der Waals surface area contributed by atoms with E-state index >= 15 is 0 Å². The summed E-state index contributed by atoms with van der Waals surface area (Å²) in [5.41, 5.74) is 2.55. The van der Waals surface area contributed by atoms with E-state index in [2.05, 4.69) is 20.3 Å². The van der Waals surface area contributed by atoms with Crippen LogP contribution in [0, 0.1) is 0 Å². The van der Waals surface area contributed by atoms with Crippen LogP contribution in [0.15, 0.2) is 73.1 Å². The van der Waals surface area contributed by atoms with Gasteiger partial charge in [-0.2, -0.15) is 0 Å². The van der Waals surface area contributed by atoms with Gasteiger partial charge < -0.3 is 30.4 Å². The second kappa shape index (κ2) is 14.3. The van der Waals surface area contributed by atoms with Gasteiger partial charge in [0.15, 0.2) is 6.04 Å². The average molecular weight is 523 g/mol. The number of carboxylic acids is 3. The highest BCUT2D eigenvalue weighted by Crippen LogP contribution is 2.21. The van der Waals surface area contributed by atoms with Gasteiger partial charge in [0.25, 0.3) is 17.8 Å². The third-order valence-electron chi connectivity index (χ3n) is 4.46. The number of pyridine rings is 1. The summed E-state index contributed by atoms with van der Waals surface area (Å²) in [6.07, 6.45) is 3.34. The molecule has 0 aliphatic heterocycles. The van der Waals surface area contributed by atoms with E-state index < -0.39 is 29.9 Å². The van der Waals surface area contributed by atoms with Crippen LogP contribution >= 0.6 is 0 Å². The molecule has 0 fully saturated rings. The lowest BCUT2D eigenvalue weighted by atomic mass is 10.1. The van der Waals surface area contributed by atoms with Crippen molar-refractivity contribution in [3.63, 3.8) is 0 Å². The number of fused-ring (bicyclic) bond motifs is 1. The number of nitrogens with zero attached hydrogens (tertiary/aromatic N) is 2. The number of carbonyl (C=O) groups excluding carboxylic acids is 1. The molecule has 12 heteroatoms. The van der Waals surface area contributed by atoms with Crippen molar-refractivity contribution in [2.45, 2.75) is 19.9 Å². The summed E-state index contributed by atoms with van der Waals surface area (Å²) >= 11 is 0. The second-order valence-electron chi connectivity index (χ2n) is 7.58. The van der Waals surface area contributed by atoms with Crippen LogP contribution in [0.1, 0.15) is 24.2 Å². The Morgan fingerprint density at radius 3 is 2.11 bits per heavy atom. The fourth-order valence-corrected chi connectivity index (χ4v) is 2.91. The van der Waals surface area contributed by atoms with E-state index in [0.29, 0.717) is 28.2 Å². The van der Waals surface area contributed by atoms with E-state index in [0.717, 1.165) is 19.4 Å². The molecule has 4 aromatic rings. The van der Waals surface area contributed by atoms with E-state index in [1.165, 1.54) is 0 Å². The minimum absolute atomic E-state index is 0.191. The van der Waals surface area contributed by atoms with Crippen molar-refractivity contribution in [3.8, 4) is 17.1 Å². The van der Waals surface area contributed by atoms with Gasteiger partial charge in [-0.1, -0.05) is 18.2 Å². The molecule has 0 aliphatic carbocycles. The molecule has 2 aromatic carbocycles. The summed E-state index contributed by atoms with van der Waals surface area (Å²) in [7, 11) is 0. The number of hydrogen-bond acceptors (Lipinski definition) is 7. The first-order chi connectivity index (χ1) is 18.1. The van der Waals surface area contributed by atoms with Crippen molar-refractivity contribution in [2.75, 3.05) is 6.61 Å². The highest BCUT2D eigenvalue weighted by molar-refractivity contribution is 5.99. The van der Waals surface area contributed by atoms with Gasteiger partial charge in [-0.15, -0.1) is 0 Å². The maximum Gasteiger partial charge on any atom is 0.329 e. The molecule has 0 radical (unpaired) electrons. The monoisotopic (exact) mass is 522 g/mol. The fourth-order valence-electron chi connectivity index (χ4n) is 2.91. The molecular formula is C26H26N4O8. The molecule has 0 spiro atoms. The molecule has 5 N–H and O–H groups in total. The third-order valence-corrected chi connectivity index (χ3v) is 4.46. The molecule has 1 amide bonds. The number of aromatic amines is 1. The fraction of sp³-hybridized carbons (Fsp3) is 0.154. The number of aliphatic carboxylic acids is 3. The topological polar surface area (TPSA) is 192 Å². The van der Waals surface area contributed by atoms with Crippen molar-refractivity contribution in [1.29, 1.82) is 0 Å². The quantitative estimate of drug-likeness (QED) is 0.241. The normalized spacial score (nSPS) is 10.6. The highest BCUT2D eigenvalue weighted by Gasteiger charge is 2.22. The Kier molecular flexibility index (Phi) is 10.9. The van der Waals surface area contributed by atoms with Crippen LogP contribution in [-0.2, 0) is 14.4 Å². The second-order valence-corrected chi connectivity index (χ2v) is 7.58. The van der Waals surface area contributed by atoms with Crippen LogP contribution < -0.4 is 10.1 Å². The van der Waals surface area contributed by atoms with Gasteiger partial charge in [-0.05, 0) is 42.5 Å². The molecule has 2 aromatic heterocycles. The van der Waals surface area contributed by atoms with Crippen molar-refractivity contribution < 1.29 is 39.2 Å². The molecule has 0 saturated heterocycles. The number of hydrogen-bond donors (Lipinski definition) is 5. The van der Waals surface area contributed by atoms with Gasteiger partial charge in [0.2, 0.25) is 0 Å². The van der Waals surface area contributed by atoms with Gasteiger partial charge in [0.05, 0.1) is 11.0 Å². The molecule has 4 rings (SSSR count). The molecule has 38 heavy (non-hydrogen) atoms. The summed E-state index contributed by atoms with van der Waals surface area (Å²) in [4.78, 5) is 53.8. The number of carboxylic acid groups (broad SMARTS) is 3. The largest absolute Gasteiger partial charge is 0.491 e. The van der Waals surface area contributed by atoms with Gasteiger partial charge >= 0.3 is 5.97 Å². The number of imidazole rings is 1. The molecule has 1 atom stereocenters. The van der Waals surface area contributed by atoms with E-state index in [1.54, 1.807) is 54.9 Å². The van der Waals surface area contributed by atoms with Gasteiger partial charge in [0.1, 0.15) is 18.2 Å². The zero-order chi connectivity index (χ0) is 28.1. The van der Waals surface area contributed by atoms with Gasteiger partial charge in [0, 0.05) is 37.4 Å². The zero-order valence-electron chi connectivity index (χ0n) is 20.5. The molecule has 2 heterocycles. The number of amides is 1. The number of carbonyl (C=O) groups is 4. The van der Waals surface area contributed by atoms with E-state index in [1.807, 2.05) is 18.2 Å². The number of ether oxygens (including phenoxy) is 1. The lowest BCUT2D eigenvalue weighted by molar-refractivity contribution is -0.140. The SMILES string of the molecule is CC(=O)O.CC(=O)O.O=C(NC(COc1ccccc1)C(=O)O)c1ccc2nc(-c3ccncc3)[nH]c2c1. The lowest BCUT2D eigenvalue weighted by Crippen LogP contribution is -2.44. The van der Waals surface area contributed by atoms with Gasteiger partial charge in [-0.25, -0.2) is 9.78 Å². The maximum absolute atomic E-state index is 12.6. The first-order valence-corrected chi connectivity index (χ1v) is 11.1. The highest BCUT2D eigenvalue weighted by atomic mass is 16.5. The number of aromatic nitrogens is 3. The Balaban J connectivity index is 0.000000559. The van der Waals surface area contributed by atoms with Crippen LogP contribution in [0.5, 0.6) is 5.75 Å². The van der Waals surface area contributed by atoms with Crippen LogP contribution in [-0.4, -0.2) is 66.7 Å². The maximum atomic E-state index is 12.6. The Hall–Kier alpha value is -5.26. The van der Waals surface area contributed by atoms with Crippen LogP contribution in [0.4, 0.5) is 0 Å². The smallest absolute Gasteiger partial charge is 0.329 e. The summed E-state index contributed by atoms with van der Waals surface area (Å²) in [6.45, 7) is 1.98. The van der Waals surface area contributed by atoms with Crippen molar-refractivity contribution in [3.05, 3.63) is 78.6 Å². The predicted molar refractivity (Wildman–Crippen MR) is 137 cm³/mol. The molecular weight excluding hydrogens is 496 g/mol. The van der Waals surface area contributed by atoms with E-state index in [-0.39, 0.29) is 6.61 Å². The summed E-state index contributed by atoms with van der Waals surface area (Å²) in [6, 6.07) is 16.2. The number of nitrogens with one attached hydrogen (secondary N) is 2. The Morgan fingerprint density at radius 2 is 1.53 bits per heavy atom. The third kappa shape index (κ3) is 9.77. The van der Waals surface area contributed by atoms with Crippen LogP contribution in [0.25, 0.3) is 22.4 Å². The minimum Gasteiger partial charge on any atom is -0.491 e. The zero-order valence-corrected chi connectivity index (χ0v) is 20.5. The van der Waals surface area contributed by atoms with E-state index in [9.17, 15) is 14.7 Å². The number of H-pyrrole nitrogens is 1. The Morgan fingerprint density at radius 1 is 0.921 bits per heavy atom. The summed E-state index contributed by atoms with van der Waals surface area (Å²) in [5.74, 6) is -2.17. The molecule has 12 nitrogen and oxygen atoms in total. The number of rotatable bonds is 7. The van der Waals surface area contributed by atoms with Crippen molar-refractivity contribution in [1.82, 2.24) is 20.3 Å². The van der Waals surface area contributed by atoms with Crippen molar-refractivity contribution >= 4 is 34.8 Å². The average Bonchev–Trinajstić information content (AvgIpc) is 3.30. The molecule has 0 bridgehead atoms. The number of para-hydroxylation sites is 1. The molecule has 1 unspecified atom stereocenters. The standard InChI is InChI=1S/C22H18N4O4.2C2H4O2/c27-21(26-19(22(28)29)13-30-16-4-2-1-3-5-16)15-6-7-17-18(12-15)25-20(24-17)14-8-10-23-11-9-14;2*1-2(3)4/h1-12,19H,13H2,(H,24,25)(H,26,27)(H,28,29);2*1H3,(H,3,4). The van der Waals surface area contributed by atoms with Gasteiger partial charge in [-0.3, -0.25) is 19.4 Å². The Bertz CT molecular complexity index is 1350. The van der Waals surface area contributed by atoms with Crippen LogP contribution in [0.3, 0.4) is 0 Å². The molecule has 198 valence electrons. The molecule has 0 saturated carbocycles. The Labute approximate surface area is 216 Å².